The largest absolute Gasteiger partial charge is 0.484 e. The number of nitrogens with zero attached hydrogens (tertiary/aromatic N) is 1. The van der Waals surface area contributed by atoms with Gasteiger partial charge >= 0.3 is 6.03 Å². The highest BCUT2D eigenvalue weighted by molar-refractivity contribution is 5.89. The van der Waals surface area contributed by atoms with Crippen LogP contribution < -0.4 is 15.4 Å². The van der Waals surface area contributed by atoms with Gasteiger partial charge in [-0.3, -0.25) is 4.79 Å². The molecule has 0 aliphatic rings. The number of ether oxygens (including phenoxy) is 1. The summed E-state index contributed by atoms with van der Waals surface area (Å²) in [5, 5.41) is 5.44. The average Bonchev–Trinajstić information content (AvgIpc) is 2.66. The normalized spacial score (nSPS) is 10.2. The number of halogens is 1. The Morgan fingerprint density at radius 3 is 2.48 bits per heavy atom. The first-order chi connectivity index (χ1) is 13.0. The van der Waals surface area contributed by atoms with Crippen LogP contribution in [0.15, 0.2) is 48.5 Å². The Balaban J connectivity index is 1.90. The quantitative estimate of drug-likeness (QED) is 0.745. The maximum absolute atomic E-state index is 13.3. The third kappa shape index (κ3) is 6.62. The number of anilines is 1. The Hall–Kier alpha value is -3.09. The third-order valence-corrected chi connectivity index (χ3v) is 3.78. The fourth-order valence-electron chi connectivity index (χ4n) is 2.42. The third-order valence-electron chi connectivity index (χ3n) is 3.78. The molecule has 3 amide bonds. The Morgan fingerprint density at radius 2 is 1.85 bits per heavy atom. The lowest BCUT2D eigenvalue weighted by Gasteiger charge is -2.21. The number of urea groups is 1. The Labute approximate surface area is 158 Å². The van der Waals surface area contributed by atoms with E-state index in [-0.39, 0.29) is 24.4 Å². The lowest BCUT2D eigenvalue weighted by atomic mass is 10.2. The van der Waals surface area contributed by atoms with E-state index in [1.165, 1.54) is 12.1 Å². The molecule has 0 fully saturated rings. The van der Waals surface area contributed by atoms with Crippen molar-refractivity contribution >= 4 is 17.6 Å². The maximum Gasteiger partial charge on any atom is 0.322 e. The van der Waals surface area contributed by atoms with E-state index in [0.717, 1.165) is 5.56 Å². The summed E-state index contributed by atoms with van der Waals surface area (Å²) in [6.45, 7) is 4.98. The first-order valence-corrected chi connectivity index (χ1v) is 8.81. The summed E-state index contributed by atoms with van der Waals surface area (Å²) < 4.78 is 18.7. The number of likely N-dealkylation sites (N-methyl/N-ethyl adjacent to an activating group) is 1. The van der Waals surface area contributed by atoms with Gasteiger partial charge in [0.15, 0.2) is 6.61 Å². The number of rotatable bonds is 8. The molecule has 0 aliphatic heterocycles. The van der Waals surface area contributed by atoms with E-state index in [1.807, 2.05) is 13.8 Å². The number of hydrogen-bond acceptors (Lipinski definition) is 3. The number of hydrogen-bond donors (Lipinski definition) is 2. The molecule has 0 aromatic heterocycles. The highest BCUT2D eigenvalue weighted by Crippen LogP contribution is 2.16. The van der Waals surface area contributed by atoms with Crippen molar-refractivity contribution in [3.63, 3.8) is 0 Å². The number of benzene rings is 2. The second kappa shape index (κ2) is 10.2. The number of carbonyl (C=O) groups is 2. The Morgan fingerprint density at radius 1 is 1.11 bits per heavy atom. The number of nitrogens with one attached hydrogen (secondary N) is 2. The fourth-order valence-corrected chi connectivity index (χ4v) is 2.42. The van der Waals surface area contributed by atoms with Gasteiger partial charge in [-0.15, -0.1) is 0 Å². The minimum Gasteiger partial charge on any atom is -0.484 e. The summed E-state index contributed by atoms with van der Waals surface area (Å²) in [7, 11) is 0. The van der Waals surface area contributed by atoms with Crippen molar-refractivity contribution < 1.29 is 18.7 Å². The highest BCUT2D eigenvalue weighted by atomic mass is 19.1. The van der Waals surface area contributed by atoms with Crippen LogP contribution in [0.25, 0.3) is 0 Å². The van der Waals surface area contributed by atoms with Gasteiger partial charge < -0.3 is 20.3 Å². The molecule has 2 rings (SSSR count). The zero-order valence-electron chi connectivity index (χ0n) is 15.5. The summed E-state index contributed by atoms with van der Waals surface area (Å²) in [6.07, 6.45) is 0. The summed E-state index contributed by atoms with van der Waals surface area (Å²) in [6, 6.07) is 12.6. The minimum absolute atomic E-state index is 0.0587. The minimum atomic E-state index is -0.327. The van der Waals surface area contributed by atoms with Gasteiger partial charge in [-0.05, 0) is 55.8 Å². The van der Waals surface area contributed by atoms with E-state index >= 15 is 0 Å². The van der Waals surface area contributed by atoms with Gasteiger partial charge in [0.05, 0.1) is 0 Å². The molecule has 0 unspecified atom stereocenters. The zero-order valence-corrected chi connectivity index (χ0v) is 15.5. The molecular formula is C20H24FN3O3. The molecule has 7 heteroatoms. The van der Waals surface area contributed by atoms with Crippen LogP contribution in [-0.2, 0) is 11.3 Å². The van der Waals surface area contributed by atoms with Crippen molar-refractivity contribution in [3.05, 3.63) is 59.9 Å². The van der Waals surface area contributed by atoms with Crippen LogP contribution in [0.4, 0.5) is 14.9 Å². The monoisotopic (exact) mass is 373 g/mol. The van der Waals surface area contributed by atoms with Crippen LogP contribution in [0.5, 0.6) is 5.75 Å². The number of carbonyl (C=O) groups excluding carboxylic acids is 2. The lowest BCUT2D eigenvalue weighted by Crippen LogP contribution is -2.34. The SMILES string of the molecule is CCNC(=O)COc1ccc(NC(=O)N(CC)Cc2cccc(F)c2)cc1. The number of amides is 3. The van der Waals surface area contributed by atoms with Crippen LogP contribution >= 0.6 is 0 Å². The molecule has 6 nitrogen and oxygen atoms in total. The molecule has 0 radical (unpaired) electrons. The van der Waals surface area contributed by atoms with Crippen molar-refractivity contribution in [1.82, 2.24) is 10.2 Å². The molecular weight excluding hydrogens is 349 g/mol. The van der Waals surface area contributed by atoms with E-state index in [2.05, 4.69) is 10.6 Å². The molecule has 0 bridgehead atoms. The second-order valence-corrected chi connectivity index (χ2v) is 5.84. The molecule has 0 spiro atoms. The van der Waals surface area contributed by atoms with Crippen molar-refractivity contribution in [2.75, 3.05) is 25.0 Å². The van der Waals surface area contributed by atoms with E-state index in [0.29, 0.717) is 31.1 Å². The molecule has 144 valence electrons. The summed E-state index contributed by atoms with van der Waals surface area (Å²) in [5.74, 6) is 0.0179. The molecule has 0 heterocycles. The van der Waals surface area contributed by atoms with Gasteiger partial charge in [0.2, 0.25) is 0 Å². The van der Waals surface area contributed by atoms with Crippen molar-refractivity contribution in [2.24, 2.45) is 0 Å². The standard InChI is InChI=1S/C20H24FN3O3/c1-3-22-19(25)14-27-18-10-8-17(9-11-18)23-20(26)24(4-2)13-15-6-5-7-16(21)12-15/h5-12H,3-4,13-14H2,1-2H3,(H,22,25)(H,23,26). The molecule has 2 N–H and O–H groups in total. The highest BCUT2D eigenvalue weighted by Gasteiger charge is 2.13. The molecule has 0 saturated heterocycles. The van der Waals surface area contributed by atoms with Gasteiger partial charge in [0.1, 0.15) is 11.6 Å². The summed E-state index contributed by atoms with van der Waals surface area (Å²) in [5.41, 5.74) is 1.32. The first kappa shape index (κ1) is 20.2. The predicted octanol–water partition coefficient (Wildman–Crippen LogP) is 3.39. The Bertz CT molecular complexity index is 765. The van der Waals surface area contributed by atoms with Gasteiger partial charge in [0, 0.05) is 25.3 Å². The topological polar surface area (TPSA) is 70.7 Å². The van der Waals surface area contributed by atoms with Crippen LogP contribution in [0.3, 0.4) is 0 Å². The lowest BCUT2D eigenvalue weighted by molar-refractivity contribution is -0.122. The molecule has 2 aromatic rings. The first-order valence-electron chi connectivity index (χ1n) is 8.81. The second-order valence-electron chi connectivity index (χ2n) is 5.84. The van der Waals surface area contributed by atoms with Gasteiger partial charge in [0.25, 0.3) is 5.91 Å². The maximum atomic E-state index is 13.3. The molecule has 0 saturated carbocycles. The van der Waals surface area contributed by atoms with Crippen LogP contribution in [-0.4, -0.2) is 36.5 Å². The summed E-state index contributed by atoms with van der Waals surface area (Å²) >= 11 is 0. The molecule has 0 atom stereocenters. The van der Waals surface area contributed by atoms with Crippen molar-refractivity contribution in [2.45, 2.75) is 20.4 Å². The van der Waals surface area contributed by atoms with Crippen molar-refractivity contribution in [1.29, 1.82) is 0 Å². The molecule has 2 aromatic carbocycles. The van der Waals surface area contributed by atoms with E-state index in [9.17, 15) is 14.0 Å². The zero-order chi connectivity index (χ0) is 19.6. The molecule has 0 aliphatic carbocycles. The smallest absolute Gasteiger partial charge is 0.322 e. The van der Waals surface area contributed by atoms with Crippen LogP contribution in [0.2, 0.25) is 0 Å². The summed E-state index contributed by atoms with van der Waals surface area (Å²) in [4.78, 5) is 25.4. The van der Waals surface area contributed by atoms with Gasteiger partial charge in [-0.1, -0.05) is 12.1 Å². The van der Waals surface area contributed by atoms with Crippen LogP contribution in [0.1, 0.15) is 19.4 Å². The van der Waals surface area contributed by atoms with Gasteiger partial charge in [-0.2, -0.15) is 0 Å². The van der Waals surface area contributed by atoms with E-state index in [1.54, 1.807) is 41.3 Å². The average molecular weight is 373 g/mol. The van der Waals surface area contributed by atoms with Crippen LogP contribution in [0, 0.1) is 5.82 Å². The van der Waals surface area contributed by atoms with Crippen molar-refractivity contribution in [3.8, 4) is 5.75 Å². The molecule has 27 heavy (non-hydrogen) atoms. The Kier molecular flexibility index (Phi) is 7.61. The van der Waals surface area contributed by atoms with Gasteiger partial charge in [-0.25, -0.2) is 9.18 Å². The predicted molar refractivity (Wildman–Crippen MR) is 102 cm³/mol. The van der Waals surface area contributed by atoms with E-state index < -0.39 is 0 Å². The fraction of sp³-hybridized carbons (Fsp3) is 0.300. The van der Waals surface area contributed by atoms with E-state index in [4.69, 9.17) is 4.74 Å².